The lowest BCUT2D eigenvalue weighted by molar-refractivity contribution is 0.0949. The van der Waals surface area contributed by atoms with Crippen LogP contribution in [-0.2, 0) is 13.0 Å². The lowest BCUT2D eigenvalue weighted by atomic mass is 10.1. The van der Waals surface area contributed by atoms with Crippen LogP contribution in [0.1, 0.15) is 28.7 Å². The molecule has 158 valence electrons. The van der Waals surface area contributed by atoms with E-state index in [2.05, 4.69) is 20.6 Å². The Morgan fingerprint density at radius 1 is 1.19 bits per heavy atom. The van der Waals surface area contributed by atoms with Crippen molar-refractivity contribution in [2.24, 2.45) is 0 Å². The second-order valence-corrected chi connectivity index (χ2v) is 7.06. The van der Waals surface area contributed by atoms with Crippen LogP contribution in [0.2, 0.25) is 0 Å². The Bertz CT molecular complexity index is 1180. The van der Waals surface area contributed by atoms with Crippen molar-refractivity contribution in [2.45, 2.75) is 26.8 Å². The second-order valence-electron chi connectivity index (χ2n) is 7.06. The van der Waals surface area contributed by atoms with Gasteiger partial charge in [0.05, 0.1) is 23.6 Å². The van der Waals surface area contributed by atoms with E-state index in [1.807, 2.05) is 29.8 Å². The average molecular weight is 419 g/mol. The molecule has 1 aromatic carbocycles. The topological polar surface area (TPSA) is 85.8 Å². The van der Waals surface area contributed by atoms with Crippen molar-refractivity contribution in [1.29, 1.82) is 0 Å². The molecule has 0 aliphatic carbocycles. The predicted molar refractivity (Wildman–Crippen MR) is 114 cm³/mol. The van der Waals surface area contributed by atoms with Crippen molar-refractivity contribution in [1.82, 2.24) is 25.2 Å². The molecule has 0 saturated carbocycles. The molecule has 0 fully saturated rings. The number of aryl methyl sites for hydroxylation is 2. The van der Waals surface area contributed by atoms with E-state index in [4.69, 9.17) is 4.52 Å². The van der Waals surface area contributed by atoms with E-state index in [0.29, 0.717) is 42.2 Å². The molecular formula is C23H22FN5O2. The molecule has 8 heteroatoms. The summed E-state index contributed by atoms with van der Waals surface area (Å²) < 4.78 is 20.3. The Hall–Kier alpha value is -3.81. The van der Waals surface area contributed by atoms with Gasteiger partial charge in [-0.15, -0.1) is 0 Å². The first kappa shape index (κ1) is 20.5. The van der Waals surface area contributed by atoms with Gasteiger partial charge >= 0.3 is 0 Å². The van der Waals surface area contributed by atoms with Crippen LogP contribution in [0.5, 0.6) is 0 Å². The van der Waals surface area contributed by atoms with Gasteiger partial charge in [-0.3, -0.25) is 14.5 Å². The number of aromatic nitrogens is 4. The summed E-state index contributed by atoms with van der Waals surface area (Å²) in [5, 5.41) is 11.5. The third-order valence-electron chi connectivity index (χ3n) is 4.98. The van der Waals surface area contributed by atoms with Gasteiger partial charge in [-0.2, -0.15) is 5.10 Å². The molecule has 0 atom stereocenters. The Morgan fingerprint density at radius 2 is 2.00 bits per heavy atom. The van der Waals surface area contributed by atoms with Gasteiger partial charge in [0.1, 0.15) is 17.1 Å². The summed E-state index contributed by atoms with van der Waals surface area (Å²) >= 11 is 0. The first-order valence-corrected chi connectivity index (χ1v) is 10.0. The molecule has 4 rings (SSSR count). The molecule has 1 amide bonds. The van der Waals surface area contributed by atoms with Crippen LogP contribution in [-0.4, -0.2) is 32.4 Å². The van der Waals surface area contributed by atoms with Crippen molar-refractivity contribution in [2.75, 3.05) is 6.54 Å². The van der Waals surface area contributed by atoms with Crippen LogP contribution in [0.3, 0.4) is 0 Å². The first-order valence-electron chi connectivity index (χ1n) is 10.0. The molecular weight excluding hydrogens is 397 g/mol. The normalized spacial score (nSPS) is 10.9. The van der Waals surface area contributed by atoms with Crippen LogP contribution in [0.15, 0.2) is 59.4 Å². The van der Waals surface area contributed by atoms with Gasteiger partial charge in [0.2, 0.25) is 0 Å². The Morgan fingerprint density at radius 3 is 2.71 bits per heavy atom. The van der Waals surface area contributed by atoms with Crippen LogP contribution >= 0.6 is 0 Å². The van der Waals surface area contributed by atoms with Gasteiger partial charge in [0.15, 0.2) is 0 Å². The number of rotatable bonds is 7. The van der Waals surface area contributed by atoms with Crippen molar-refractivity contribution >= 4 is 5.91 Å². The fraction of sp³-hybridized carbons (Fsp3) is 0.217. The summed E-state index contributed by atoms with van der Waals surface area (Å²) in [5.74, 6) is -0.0126. The maximum atomic E-state index is 13.3. The zero-order valence-corrected chi connectivity index (χ0v) is 17.3. The third-order valence-corrected chi connectivity index (χ3v) is 4.98. The number of benzene rings is 1. The van der Waals surface area contributed by atoms with Gasteiger partial charge < -0.3 is 9.84 Å². The van der Waals surface area contributed by atoms with Crippen LogP contribution in [0, 0.1) is 12.7 Å². The number of nitrogens with zero attached hydrogens (tertiary/aromatic N) is 4. The van der Waals surface area contributed by atoms with Crippen molar-refractivity contribution in [3.05, 3.63) is 77.7 Å². The molecule has 0 unspecified atom stereocenters. The van der Waals surface area contributed by atoms with Gasteiger partial charge in [-0.1, -0.05) is 12.1 Å². The van der Waals surface area contributed by atoms with Crippen LogP contribution in [0.4, 0.5) is 4.39 Å². The number of carbonyl (C=O) groups excluding carboxylic acids is 1. The predicted octanol–water partition coefficient (Wildman–Crippen LogP) is 4.04. The van der Waals surface area contributed by atoms with Gasteiger partial charge in [-0.25, -0.2) is 4.39 Å². The fourth-order valence-electron chi connectivity index (χ4n) is 3.41. The molecule has 0 spiro atoms. The Labute approximate surface area is 178 Å². The van der Waals surface area contributed by atoms with Gasteiger partial charge in [0, 0.05) is 30.1 Å². The number of hydrogen-bond donors (Lipinski definition) is 1. The summed E-state index contributed by atoms with van der Waals surface area (Å²) in [5.41, 5.74) is 4.41. The van der Waals surface area contributed by atoms with Crippen molar-refractivity contribution < 1.29 is 13.7 Å². The average Bonchev–Trinajstić information content (AvgIpc) is 3.38. The minimum absolute atomic E-state index is 0.218. The molecule has 0 aliphatic rings. The molecule has 0 saturated heterocycles. The highest BCUT2D eigenvalue weighted by molar-refractivity contribution is 5.96. The molecule has 0 radical (unpaired) electrons. The lowest BCUT2D eigenvalue weighted by Gasteiger charge is -2.09. The maximum absolute atomic E-state index is 13.3. The van der Waals surface area contributed by atoms with E-state index in [1.54, 1.807) is 31.5 Å². The number of hydrogen-bond acceptors (Lipinski definition) is 5. The molecule has 7 nitrogen and oxygen atoms in total. The number of amides is 1. The standard InChI is InChI=1S/C23H22FN5O2/c1-3-19-22(15(2)31-28-19)23(30)26-11-12-29-21(17-5-4-10-25-14-17)13-20(27-29)16-6-8-18(24)9-7-16/h4-10,13-14H,3,11-12H2,1-2H3,(H,26,30). The first-order chi connectivity index (χ1) is 15.1. The molecule has 1 N–H and O–H groups in total. The molecule has 0 bridgehead atoms. The summed E-state index contributed by atoms with van der Waals surface area (Å²) in [4.78, 5) is 16.8. The SMILES string of the molecule is CCc1noc(C)c1C(=O)NCCn1nc(-c2ccc(F)cc2)cc1-c1cccnc1. The molecule has 0 aliphatic heterocycles. The number of halogens is 1. The molecule has 3 heterocycles. The zero-order valence-electron chi connectivity index (χ0n) is 17.3. The molecule has 3 aromatic heterocycles. The highest BCUT2D eigenvalue weighted by Gasteiger charge is 2.19. The third kappa shape index (κ3) is 4.37. The number of pyridine rings is 1. The minimum Gasteiger partial charge on any atom is -0.361 e. The summed E-state index contributed by atoms with van der Waals surface area (Å²) in [6.45, 7) is 4.46. The largest absolute Gasteiger partial charge is 0.361 e. The smallest absolute Gasteiger partial charge is 0.256 e. The maximum Gasteiger partial charge on any atom is 0.256 e. The van der Waals surface area contributed by atoms with E-state index in [0.717, 1.165) is 16.8 Å². The number of carbonyl (C=O) groups is 1. The van der Waals surface area contributed by atoms with Gasteiger partial charge in [0.25, 0.3) is 5.91 Å². The van der Waals surface area contributed by atoms with Gasteiger partial charge in [-0.05, 0) is 55.8 Å². The van der Waals surface area contributed by atoms with E-state index in [9.17, 15) is 9.18 Å². The monoisotopic (exact) mass is 419 g/mol. The second kappa shape index (κ2) is 8.91. The molecule has 31 heavy (non-hydrogen) atoms. The summed E-state index contributed by atoms with van der Waals surface area (Å²) in [7, 11) is 0. The fourth-order valence-corrected chi connectivity index (χ4v) is 3.41. The highest BCUT2D eigenvalue weighted by Crippen LogP contribution is 2.26. The highest BCUT2D eigenvalue weighted by atomic mass is 19.1. The Balaban J connectivity index is 1.56. The van der Waals surface area contributed by atoms with Crippen LogP contribution < -0.4 is 5.32 Å². The Kier molecular flexibility index (Phi) is 5.88. The van der Waals surface area contributed by atoms with Crippen molar-refractivity contribution in [3.63, 3.8) is 0 Å². The van der Waals surface area contributed by atoms with Crippen LogP contribution in [0.25, 0.3) is 22.5 Å². The van der Waals surface area contributed by atoms with Crippen molar-refractivity contribution in [3.8, 4) is 22.5 Å². The van der Waals surface area contributed by atoms with E-state index in [-0.39, 0.29) is 11.7 Å². The quantitative estimate of drug-likeness (QED) is 0.489. The summed E-state index contributed by atoms with van der Waals surface area (Å²) in [6.07, 6.45) is 4.08. The summed E-state index contributed by atoms with van der Waals surface area (Å²) in [6, 6.07) is 11.9. The number of nitrogens with one attached hydrogen (secondary N) is 1. The molecule has 4 aromatic rings. The van der Waals surface area contributed by atoms with E-state index < -0.39 is 0 Å². The zero-order chi connectivity index (χ0) is 21.8. The lowest BCUT2D eigenvalue weighted by Crippen LogP contribution is -2.28. The van der Waals surface area contributed by atoms with E-state index in [1.165, 1.54) is 12.1 Å². The van der Waals surface area contributed by atoms with E-state index >= 15 is 0 Å². The minimum atomic E-state index is -0.297.